The van der Waals surface area contributed by atoms with Crippen LogP contribution in [0.4, 0.5) is 0 Å². The van der Waals surface area contributed by atoms with Crippen LogP contribution in [0.2, 0.25) is 0 Å². The second kappa shape index (κ2) is 6.64. The molecule has 0 fully saturated rings. The molecule has 0 aliphatic rings. The van der Waals surface area contributed by atoms with Crippen molar-refractivity contribution in [3.63, 3.8) is 0 Å². The first-order valence-corrected chi connectivity index (χ1v) is 7.37. The molecule has 0 spiro atoms. The number of hydrogen-bond donors (Lipinski definition) is 2. The normalized spacial score (nSPS) is 12.2. The van der Waals surface area contributed by atoms with Gasteiger partial charge in [-0.25, -0.2) is 4.79 Å². The highest BCUT2D eigenvalue weighted by Crippen LogP contribution is 2.25. The Morgan fingerprint density at radius 3 is 2.52 bits per heavy atom. The van der Waals surface area contributed by atoms with Gasteiger partial charge in [-0.05, 0) is 31.4 Å². The van der Waals surface area contributed by atoms with Crippen molar-refractivity contribution < 1.29 is 19.2 Å². The number of carbonyl (C=O) groups is 2. The smallest absolute Gasteiger partial charge is 0.326 e. The third-order valence-corrected chi connectivity index (χ3v) is 3.62. The fourth-order valence-electron chi connectivity index (χ4n) is 2.24. The van der Waals surface area contributed by atoms with Crippen LogP contribution in [0.5, 0.6) is 0 Å². The molecule has 2 N–H and O–H groups in total. The summed E-state index contributed by atoms with van der Waals surface area (Å²) in [7, 11) is 0. The maximum atomic E-state index is 12.2. The van der Waals surface area contributed by atoms with Crippen LogP contribution >= 0.6 is 0 Å². The first kappa shape index (κ1) is 16.7. The number of carboxylic acid groups (broad SMARTS) is 1. The summed E-state index contributed by atoms with van der Waals surface area (Å²) in [6.45, 7) is 7.36. The topological polar surface area (TPSA) is 92.4 Å². The maximum Gasteiger partial charge on any atom is 0.326 e. The molecular formula is C17H20N2O4. The minimum atomic E-state index is -1.08. The summed E-state index contributed by atoms with van der Waals surface area (Å²) in [4.78, 5) is 23.3. The van der Waals surface area contributed by atoms with E-state index < -0.39 is 17.9 Å². The average molecular weight is 316 g/mol. The van der Waals surface area contributed by atoms with Crippen LogP contribution in [-0.4, -0.2) is 28.2 Å². The van der Waals surface area contributed by atoms with Gasteiger partial charge in [0.25, 0.3) is 5.91 Å². The summed E-state index contributed by atoms with van der Waals surface area (Å²) in [5.74, 6) is -1.40. The molecule has 122 valence electrons. The number of carboxylic acids is 1. The highest BCUT2D eigenvalue weighted by atomic mass is 16.5. The standard InChI is InChI=1S/C17H20N2O4/c1-9(2)15(17(21)22)18-16(20)13-8-14(23-19-13)12-7-10(3)5-6-11(12)4/h5-9,15H,1-4H3,(H,18,20)(H,21,22). The summed E-state index contributed by atoms with van der Waals surface area (Å²) in [5, 5.41) is 15.3. The molecule has 23 heavy (non-hydrogen) atoms. The van der Waals surface area contributed by atoms with Crippen LogP contribution in [0.15, 0.2) is 28.8 Å². The van der Waals surface area contributed by atoms with Crippen LogP contribution in [-0.2, 0) is 4.79 Å². The molecule has 0 aliphatic heterocycles. The SMILES string of the molecule is Cc1ccc(C)c(-c2cc(C(=O)NC(C(=O)O)C(C)C)no2)c1. The molecule has 1 unspecified atom stereocenters. The lowest BCUT2D eigenvalue weighted by Crippen LogP contribution is -2.44. The third-order valence-electron chi connectivity index (χ3n) is 3.62. The molecule has 1 atom stereocenters. The number of benzene rings is 1. The zero-order chi connectivity index (χ0) is 17.1. The van der Waals surface area contributed by atoms with Gasteiger partial charge in [-0.15, -0.1) is 0 Å². The first-order chi connectivity index (χ1) is 10.8. The second-order valence-electron chi connectivity index (χ2n) is 5.93. The zero-order valence-electron chi connectivity index (χ0n) is 13.6. The molecule has 0 bridgehead atoms. The van der Waals surface area contributed by atoms with Crippen molar-refractivity contribution in [2.75, 3.05) is 0 Å². The van der Waals surface area contributed by atoms with Crippen molar-refractivity contribution in [2.24, 2.45) is 5.92 Å². The van der Waals surface area contributed by atoms with E-state index in [4.69, 9.17) is 9.63 Å². The number of nitrogens with one attached hydrogen (secondary N) is 1. The molecule has 1 heterocycles. The van der Waals surface area contributed by atoms with Crippen LogP contribution in [0.3, 0.4) is 0 Å². The van der Waals surface area contributed by atoms with Crippen LogP contribution in [0.25, 0.3) is 11.3 Å². The van der Waals surface area contributed by atoms with E-state index in [-0.39, 0.29) is 11.6 Å². The molecule has 0 radical (unpaired) electrons. The van der Waals surface area contributed by atoms with Crippen molar-refractivity contribution in [3.8, 4) is 11.3 Å². The molecule has 0 saturated heterocycles. The number of amides is 1. The Labute approximate surface area is 134 Å². The van der Waals surface area contributed by atoms with E-state index in [1.165, 1.54) is 6.07 Å². The van der Waals surface area contributed by atoms with Gasteiger partial charge in [0.2, 0.25) is 0 Å². The fourth-order valence-corrected chi connectivity index (χ4v) is 2.24. The van der Waals surface area contributed by atoms with Gasteiger partial charge in [-0.1, -0.05) is 36.7 Å². The minimum Gasteiger partial charge on any atom is -0.480 e. The monoisotopic (exact) mass is 316 g/mol. The number of carbonyl (C=O) groups excluding carboxylic acids is 1. The van der Waals surface area contributed by atoms with E-state index in [9.17, 15) is 9.59 Å². The molecule has 6 nitrogen and oxygen atoms in total. The van der Waals surface area contributed by atoms with E-state index in [2.05, 4.69) is 10.5 Å². The Hall–Kier alpha value is -2.63. The van der Waals surface area contributed by atoms with Gasteiger partial charge in [0, 0.05) is 11.6 Å². The average Bonchev–Trinajstić information content (AvgIpc) is 2.96. The number of nitrogens with zero attached hydrogens (tertiary/aromatic N) is 1. The van der Waals surface area contributed by atoms with E-state index in [0.29, 0.717) is 5.76 Å². The lowest BCUT2D eigenvalue weighted by molar-refractivity contribution is -0.140. The van der Waals surface area contributed by atoms with Gasteiger partial charge < -0.3 is 14.9 Å². The van der Waals surface area contributed by atoms with E-state index in [0.717, 1.165) is 16.7 Å². The molecule has 6 heteroatoms. The third kappa shape index (κ3) is 3.77. The summed E-state index contributed by atoms with van der Waals surface area (Å²) in [6, 6.07) is 6.46. The van der Waals surface area contributed by atoms with E-state index in [1.807, 2.05) is 32.0 Å². The Bertz CT molecular complexity index is 734. The Morgan fingerprint density at radius 2 is 1.91 bits per heavy atom. The predicted molar refractivity (Wildman–Crippen MR) is 85.1 cm³/mol. The Kier molecular flexibility index (Phi) is 4.83. The van der Waals surface area contributed by atoms with Crippen molar-refractivity contribution in [2.45, 2.75) is 33.7 Å². The van der Waals surface area contributed by atoms with Gasteiger partial charge in [-0.2, -0.15) is 0 Å². The Balaban J connectivity index is 2.23. The summed E-state index contributed by atoms with van der Waals surface area (Å²) in [6.07, 6.45) is 0. The molecule has 2 rings (SSSR count). The number of aromatic nitrogens is 1. The highest BCUT2D eigenvalue weighted by Gasteiger charge is 2.25. The van der Waals surface area contributed by atoms with Gasteiger partial charge >= 0.3 is 5.97 Å². The van der Waals surface area contributed by atoms with Crippen LogP contribution in [0.1, 0.15) is 35.5 Å². The highest BCUT2D eigenvalue weighted by molar-refractivity contribution is 5.95. The van der Waals surface area contributed by atoms with Crippen LogP contribution in [0, 0.1) is 19.8 Å². The van der Waals surface area contributed by atoms with Gasteiger partial charge in [-0.3, -0.25) is 4.79 Å². The van der Waals surface area contributed by atoms with Crippen molar-refractivity contribution in [1.29, 1.82) is 0 Å². The largest absolute Gasteiger partial charge is 0.480 e. The predicted octanol–water partition coefficient (Wildman–Crippen LogP) is 2.80. The molecule has 0 aliphatic carbocycles. The second-order valence-corrected chi connectivity index (χ2v) is 5.93. The fraction of sp³-hybridized carbons (Fsp3) is 0.353. The van der Waals surface area contributed by atoms with Crippen molar-refractivity contribution in [3.05, 3.63) is 41.1 Å². The Morgan fingerprint density at radius 1 is 1.22 bits per heavy atom. The van der Waals surface area contributed by atoms with Gasteiger partial charge in [0.15, 0.2) is 11.5 Å². The molecule has 1 aromatic heterocycles. The number of aliphatic carboxylic acids is 1. The lowest BCUT2D eigenvalue weighted by Gasteiger charge is -2.16. The van der Waals surface area contributed by atoms with Crippen molar-refractivity contribution >= 4 is 11.9 Å². The molecule has 1 amide bonds. The summed E-state index contributed by atoms with van der Waals surface area (Å²) in [5.41, 5.74) is 2.99. The summed E-state index contributed by atoms with van der Waals surface area (Å²) >= 11 is 0. The van der Waals surface area contributed by atoms with E-state index >= 15 is 0 Å². The molecule has 0 saturated carbocycles. The zero-order valence-corrected chi connectivity index (χ0v) is 13.6. The number of rotatable bonds is 5. The van der Waals surface area contributed by atoms with Crippen molar-refractivity contribution in [1.82, 2.24) is 10.5 Å². The van der Waals surface area contributed by atoms with Crippen LogP contribution < -0.4 is 5.32 Å². The quantitative estimate of drug-likeness (QED) is 0.885. The lowest BCUT2D eigenvalue weighted by atomic mass is 10.0. The molecular weight excluding hydrogens is 296 g/mol. The summed E-state index contributed by atoms with van der Waals surface area (Å²) < 4.78 is 5.25. The van der Waals surface area contributed by atoms with Gasteiger partial charge in [0.05, 0.1) is 0 Å². The number of hydrogen-bond acceptors (Lipinski definition) is 4. The van der Waals surface area contributed by atoms with Gasteiger partial charge in [0.1, 0.15) is 6.04 Å². The minimum absolute atomic E-state index is 0.0628. The molecule has 1 aromatic carbocycles. The first-order valence-electron chi connectivity index (χ1n) is 7.37. The number of aryl methyl sites for hydroxylation is 2. The van der Waals surface area contributed by atoms with E-state index in [1.54, 1.807) is 13.8 Å². The molecule has 2 aromatic rings. The maximum absolute atomic E-state index is 12.2.